The molecule has 3 amide bonds. The van der Waals surface area contributed by atoms with Crippen LogP contribution >= 0.6 is 23.2 Å². The van der Waals surface area contributed by atoms with Crippen molar-refractivity contribution in [2.24, 2.45) is 0 Å². The number of hydrogen-bond donors (Lipinski definition) is 3. The van der Waals surface area contributed by atoms with Crippen LogP contribution in [-0.4, -0.2) is 38.4 Å². The summed E-state index contributed by atoms with van der Waals surface area (Å²) in [6.07, 6.45) is -0.663. The zero-order valence-corrected chi connectivity index (χ0v) is 27.3. The fourth-order valence-electron chi connectivity index (χ4n) is 4.54. The zero-order valence-electron chi connectivity index (χ0n) is 25.8. The number of carbonyl (C=O) groups is 2. The molecule has 0 bridgehead atoms. The van der Waals surface area contributed by atoms with Gasteiger partial charge in [-0.05, 0) is 72.8 Å². The van der Waals surface area contributed by atoms with E-state index in [0.29, 0.717) is 41.7 Å². The van der Waals surface area contributed by atoms with Crippen molar-refractivity contribution in [3.63, 3.8) is 0 Å². The Bertz CT molecular complexity index is 1880. The van der Waals surface area contributed by atoms with Gasteiger partial charge in [0.1, 0.15) is 42.1 Å². The molecule has 0 aromatic heterocycles. The molecule has 0 spiro atoms. The summed E-state index contributed by atoms with van der Waals surface area (Å²) >= 11 is 11.3. The molecular weight excluding hydrogens is 677 g/mol. The number of rotatable bonds is 3. The lowest BCUT2D eigenvalue weighted by molar-refractivity contribution is 0.215. The van der Waals surface area contributed by atoms with Gasteiger partial charge in [-0.25, -0.2) is 18.4 Å². The minimum Gasteiger partial charge on any atom is -0.490 e. The van der Waals surface area contributed by atoms with E-state index >= 15 is 0 Å². The van der Waals surface area contributed by atoms with Crippen molar-refractivity contribution in [2.75, 3.05) is 47.2 Å². The summed E-state index contributed by atoms with van der Waals surface area (Å²) in [4.78, 5) is 25.4. The van der Waals surface area contributed by atoms with Crippen LogP contribution in [0.5, 0.6) is 17.2 Å². The van der Waals surface area contributed by atoms with Crippen LogP contribution < -0.4 is 35.1 Å². The number of fused-ring (bicyclic) bond motifs is 2. The molecule has 5 aromatic rings. The molecule has 0 aliphatic carbocycles. The summed E-state index contributed by atoms with van der Waals surface area (Å²) in [5.41, 5.74) is 2.61. The fraction of sp³-hybridized carbons (Fsp3) is 0.111. The molecule has 2 aliphatic heterocycles. The monoisotopic (exact) mass is 706 g/mol. The molecule has 9 nitrogen and oxygen atoms in total. The Kier molecular flexibility index (Phi) is 12.1. The van der Waals surface area contributed by atoms with Crippen LogP contribution in [0.15, 0.2) is 115 Å². The van der Waals surface area contributed by atoms with Crippen molar-refractivity contribution in [1.29, 1.82) is 0 Å². The number of anilines is 4. The van der Waals surface area contributed by atoms with Crippen molar-refractivity contribution in [3.8, 4) is 17.2 Å². The molecule has 0 saturated heterocycles. The highest BCUT2D eigenvalue weighted by Crippen LogP contribution is 2.31. The van der Waals surface area contributed by atoms with Gasteiger partial charge in [-0.1, -0.05) is 65.7 Å². The number of hydrogen-bond acceptors (Lipinski definition) is 6. The van der Waals surface area contributed by atoms with Gasteiger partial charge in [0.05, 0.1) is 28.0 Å². The van der Waals surface area contributed by atoms with E-state index in [-0.39, 0.29) is 16.1 Å². The van der Waals surface area contributed by atoms with Crippen LogP contribution in [0.4, 0.5) is 41.1 Å². The quantitative estimate of drug-likeness (QED) is 0.173. The molecule has 5 aromatic carbocycles. The second kappa shape index (κ2) is 17.0. The molecule has 0 unspecified atom stereocenters. The molecule has 49 heavy (non-hydrogen) atoms. The van der Waals surface area contributed by atoms with Crippen LogP contribution in [0.25, 0.3) is 0 Å². The number of para-hydroxylation sites is 5. The molecule has 0 atom stereocenters. The van der Waals surface area contributed by atoms with Crippen LogP contribution in [0.3, 0.4) is 0 Å². The number of amides is 3. The topological polar surface area (TPSA) is 101 Å². The maximum Gasteiger partial charge on any atom is 0.417 e. The Morgan fingerprint density at radius 3 is 1.98 bits per heavy atom. The maximum atomic E-state index is 13.1. The Labute approximate surface area is 291 Å². The first kappa shape index (κ1) is 34.8. The Morgan fingerprint density at radius 2 is 1.31 bits per heavy atom. The van der Waals surface area contributed by atoms with Gasteiger partial charge in [0.2, 0.25) is 0 Å². The van der Waals surface area contributed by atoms with E-state index in [2.05, 4.69) is 16.0 Å². The molecular formula is C36H30Cl2F2N4O5. The Hall–Kier alpha value is -5.52. The molecule has 7 rings (SSSR count). The summed E-state index contributed by atoms with van der Waals surface area (Å²) in [6.45, 7) is 2.56. The molecule has 252 valence electrons. The van der Waals surface area contributed by atoms with Gasteiger partial charge in [0.15, 0.2) is 0 Å². The molecule has 0 radical (unpaired) electrons. The van der Waals surface area contributed by atoms with E-state index in [1.165, 1.54) is 36.4 Å². The summed E-state index contributed by atoms with van der Waals surface area (Å²) in [6, 6.07) is 31.5. The fourth-order valence-corrected chi connectivity index (χ4v) is 4.90. The highest BCUT2D eigenvalue weighted by molar-refractivity contribution is 6.31. The van der Waals surface area contributed by atoms with E-state index in [1.54, 1.807) is 29.2 Å². The first-order valence-electron chi connectivity index (χ1n) is 15.0. The number of urea groups is 1. The Balaban J connectivity index is 0.000000152. The number of nitrogens with zero attached hydrogens (tertiary/aromatic N) is 1. The average Bonchev–Trinajstić information content (AvgIpc) is 3.12. The summed E-state index contributed by atoms with van der Waals surface area (Å²) in [7, 11) is 0. The van der Waals surface area contributed by atoms with Crippen LogP contribution in [0, 0.1) is 11.6 Å². The minimum absolute atomic E-state index is 0.0322. The first-order chi connectivity index (χ1) is 23.8. The second-order valence-electron chi connectivity index (χ2n) is 10.3. The van der Waals surface area contributed by atoms with Crippen LogP contribution in [0.2, 0.25) is 10.0 Å². The lowest BCUT2D eigenvalue weighted by Gasteiger charge is -2.29. The standard InChI is InChI=1S/C15H12ClFN2O2.C13H9ClFNO2.C8H9NO/c16-11-9-10(5-6-12(11)17)18-15(20)19-7-8-21-14-4-2-1-3-13(14)19;14-11-8-9(6-7-12(11)15)16-13(17)18-10-4-2-1-3-5-10;1-2-4-8-7(3-1)9-5-6-10-8/h1-6,9H,7-8H2,(H,18,20);1-8H,(H,16,17);1-4,9H,5-6H2. The molecule has 3 N–H and O–H groups in total. The third-order valence-electron chi connectivity index (χ3n) is 6.83. The van der Waals surface area contributed by atoms with Crippen LogP contribution in [0.1, 0.15) is 0 Å². The number of carbonyl (C=O) groups excluding carboxylic acids is 2. The lowest BCUT2D eigenvalue weighted by Crippen LogP contribution is -2.40. The van der Waals surface area contributed by atoms with E-state index in [4.69, 9.17) is 37.4 Å². The molecule has 2 heterocycles. The maximum absolute atomic E-state index is 13.1. The highest BCUT2D eigenvalue weighted by atomic mass is 35.5. The highest BCUT2D eigenvalue weighted by Gasteiger charge is 2.23. The molecule has 0 fully saturated rings. The van der Waals surface area contributed by atoms with E-state index in [0.717, 1.165) is 24.6 Å². The number of nitrogens with one attached hydrogen (secondary N) is 3. The lowest BCUT2D eigenvalue weighted by atomic mass is 10.2. The normalized spacial score (nSPS) is 12.4. The zero-order chi connectivity index (χ0) is 34.6. The van der Waals surface area contributed by atoms with Crippen molar-refractivity contribution < 1.29 is 32.6 Å². The van der Waals surface area contributed by atoms with Crippen molar-refractivity contribution >= 4 is 58.1 Å². The van der Waals surface area contributed by atoms with Gasteiger partial charge in [0.25, 0.3) is 0 Å². The summed E-state index contributed by atoms with van der Waals surface area (Å²) in [5, 5.41) is 8.29. The van der Waals surface area contributed by atoms with E-state index in [1.807, 2.05) is 54.6 Å². The predicted molar refractivity (Wildman–Crippen MR) is 188 cm³/mol. The summed E-state index contributed by atoms with van der Waals surface area (Å²) in [5.74, 6) is 0.984. The van der Waals surface area contributed by atoms with E-state index < -0.39 is 17.7 Å². The smallest absolute Gasteiger partial charge is 0.417 e. The van der Waals surface area contributed by atoms with E-state index in [9.17, 15) is 18.4 Å². The van der Waals surface area contributed by atoms with Gasteiger partial charge in [-0.2, -0.15) is 0 Å². The van der Waals surface area contributed by atoms with Crippen molar-refractivity contribution in [2.45, 2.75) is 0 Å². The Morgan fingerprint density at radius 1 is 0.714 bits per heavy atom. The number of ether oxygens (including phenoxy) is 3. The summed E-state index contributed by atoms with van der Waals surface area (Å²) < 4.78 is 41.9. The first-order valence-corrected chi connectivity index (χ1v) is 15.7. The van der Waals surface area contributed by atoms with Crippen molar-refractivity contribution in [1.82, 2.24) is 0 Å². The average molecular weight is 708 g/mol. The number of halogens is 4. The second-order valence-corrected chi connectivity index (χ2v) is 11.1. The van der Waals surface area contributed by atoms with Crippen molar-refractivity contribution in [3.05, 3.63) is 137 Å². The van der Waals surface area contributed by atoms with Gasteiger partial charge < -0.3 is 24.8 Å². The SMILES string of the molecule is O=C(Nc1ccc(F)c(Cl)c1)N1CCOc2ccccc21.O=C(Nc1ccc(F)c(Cl)c1)Oc1ccccc1.c1ccc2c(c1)NCCO2. The van der Waals surface area contributed by atoms with Gasteiger partial charge >= 0.3 is 12.1 Å². The third kappa shape index (κ3) is 9.99. The van der Waals surface area contributed by atoms with Gasteiger partial charge in [0, 0.05) is 17.9 Å². The van der Waals surface area contributed by atoms with Gasteiger partial charge in [-0.15, -0.1) is 0 Å². The third-order valence-corrected chi connectivity index (χ3v) is 7.41. The molecule has 0 saturated carbocycles. The largest absolute Gasteiger partial charge is 0.490 e. The predicted octanol–water partition coefficient (Wildman–Crippen LogP) is 9.49. The van der Waals surface area contributed by atoms with Crippen LogP contribution in [-0.2, 0) is 0 Å². The molecule has 13 heteroatoms. The number of benzene rings is 5. The van der Waals surface area contributed by atoms with Gasteiger partial charge in [-0.3, -0.25) is 10.2 Å². The molecule has 2 aliphatic rings. The minimum atomic E-state index is -0.663.